The molecule has 0 spiro atoms. The number of amides is 2. The number of urea groups is 1. The number of carbonyl (C=O) groups excluding carboxylic acids is 1. The van der Waals surface area contributed by atoms with E-state index in [9.17, 15) is 4.79 Å². The lowest BCUT2D eigenvalue weighted by atomic mass is 9.97. The third-order valence-corrected chi connectivity index (χ3v) is 4.97. The van der Waals surface area contributed by atoms with Gasteiger partial charge in [-0.2, -0.15) is 0 Å². The molecule has 2 N–H and O–H groups in total. The molecule has 0 radical (unpaired) electrons. The summed E-state index contributed by atoms with van der Waals surface area (Å²) in [7, 11) is 0. The molecule has 138 valence electrons. The zero-order valence-electron chi connectivity index (χ0n) is 14.8. The van der Waals surface area contributed by atoms with Crippen molar-refractivity contribution in [3.63, 3.8) is 0 Å². The van der Waals surface area contributed by atoms with Crippen LogP contribution < -0.4 is 10.6 Å². The molecule has 2 aliphatic heterocycles. The Hall–Kier alpha value is -1.70. The third-order valence-electron chi connectivity index (χ3n) is 4.97. The molecule has 1 aromatic rings. The van der Waals surface area contributed by atoms with Crippen LogP contribution in [0.2, 0.25) is 0 Å². The summed E-state index contributed by atoms with van der Waals surface area (Å²) in [5, 5.41) is 6.00. The summed E-state index contributed by atoms with van der Waals surface area (Å²) in [6.45, 7) is 7.48. The van der Waals surface area contributed by atoms with Gasteiger partial charge in [-0.25, -0.2) is 4.79 Å². The van der Waals surface area contributed by atoms with Gasteiger partial charge in [-0.3, -0.25) is 9.88 Å². The lowest BCUT2D eigenvalue weighted by Crippen LogP contribution is -2.53. The number of aromatic nitrogens is 1. The predicted octanol–water partition coefficient (Wildman–Crippen LogP) is 1.18. The summed E-state index contributed by atoms with van der Waals surface area (Å²) in [6, 6.07) is 5.72. The fourth-order valence-electron chi connectivity index (χ4n) is 3.51. The van der Waals surface area contributed by atoms with Gasteiger partial charge in [0.2, 0.25) is 0 Å². The van der Waals surface area contributed by atoms with Gasteiger partial charge in [-0.05, 0) is 25.5 Å². The summed E-state index contributed by atoms with van der Waals surface area (Å²) in [4.78, 5) is 19.0. The highest BCUT2D eigenvalue weighted by atomic mass is 16.5. The quantitative estimate of drug-likeness (QED) is 0.807. The van der Waals surface area contributed by atoms with Gasteiger partial charge in [0.15, 0.2) is 0 Å². The van der Waals surface area contributed by atoms with Gasteiger partial charge in [0.1, 0.15) is 0 Å². The van der Waals surface area contributed by atoms with E-state index in [0.29, 0.717) is 18.5 Å². The molecule has 25 heavy (non-hydrogen) atoms. The number of ether oxygens (including phenoxy) is 2. The van der Waals surface area contributed by atoms with E-state index in [0.717, 1.165) is 51.6 Å². The number of nitrogens with zero attached hydrogens (tertiary/aromatic N) is 2. The molecular weight excluding hydrogens is 320 g/mol. The topological polar surface area (TPSA) is 75.7 Å². The molecule has 2 fully saturated rings. The highest BCUT2D eigenvalue weighted by molar-refractivity contribution is 5.74. The van der Waals surface area contributed by atoms with E-state index in [1.807, 2.05) is 25.1 Å². The van der Waals surface area contributed by atoms with Crippen LogP contribution in [0.1, 0.15) is 25.1 Å². The lowest BCUT2D eigenvalue weighted by Gasteiger charge is -2.37. The Balaban J connectivity index is 1.52. The minimum Gasteiger partial charge on any atom is -0.381 e. The molecule has 0 bridgehead atoms. The van der Waals surface area contributed by atoms with E-state index in [2.05, 4.69) is 20.5 Å². The van der Waals surface area contributed by atoms with Gasteiger partial charge in [-0.1, -0.05) is 6.07 Å². The summed E-state index contributed by atoms with van der Waals surface area (Å²) < 4.78 is 11.0. The molecule has 2 aliphatic rings. The van der Waals surface area contributed by atoms with Crippen LogP contribution in [-0.2, 0) is 9.47 Å². The van der Waals surface area contributed by atoms with E-state index < -0.39 is 0 Å². The van der Waals surface area contributed by atoms with Crippen LogP contribution in [0.15, 0.2) is 24.4 Å². The van der Waals surface area contributed by atoms with Crippen LogP contribution in [0.4, 0.5) is 4.79 Å². The summed E-state index contributed by atoms with van der Waals surface area (Å²) in [6.07, 6.45) is 2.79. The summed E-state index contributed by atoms with van der Waals surface area (Å²) in [5.41, 5.74) is 0.853. The highest BCUT2D eigenvalue weighted by Gasteiger charge is 2.31. The van der Waals surface area contributed by atoms with Gasteiger partial charge in [0.25, 0.3) is 0 Å². The fraction of sp³-hybridized carbons (Fsp3) is 0.667. The highest BCUT2D eigenvalue weighted by Crippen LogP contribution is 2.21. The molecule has 0 saturated carbocycles. The number of carbonyl (C=O) groups is 1. The number of hydrogen-bond donors (Lipinski definition) is 2. The Bertz CT molecular complexity index is 530. The van der Waals surface area contributed by atoms with Crippen molar-refractivity contribution >= 4 is 6.03 Å². The maximum Gasteiger partial charge on any atom is 0.315 e. The second-order valence-corrected chi connectivity index (χ2v) is 6.67. The number of morpholine rings is 1. The molecule has 0 aliphatic carbocycles. The zero-order chi connectivity index (χ0) is 17.5. The molecule has 3 heterocycles. The molecule has 0 aromatic carbocycles. The molecule has 1 aromatic heterocycles. The van der Waals surface area contributed by atoms with E-state index in [-0.39, 0.29) is 12.1 Å². The van der Waals surface area contributed by atoms with Crippen LogP contribution in [0.5, 0.6) is 0 Å². The van der Waals surface area contributed by atoms with Crippen LogP contribution in [-0.4, -0.2) is 68.0 Å². The predicted molar refractivity (Wildman–Crippen MR) is 94.3 cm³/mol. The van der Waals surface area contributed by atoms with Gasteiger partial charge < -0.3 is 20.1 Å². The van der Waals surface area contributed by atoms with E-state index >= 15 is 0 Å². The van der Waals surface area contributed by atoms with Crippen molar-refractivity contribution in [2.75, 3.05) is 46.1 Å². The first-order valence-electron chi connectivity index (χ1n) is 9.09. The van der Waals surface area contributed by atoms with E-state index in [1.165, 1.54) is 0 Å². The summed E-state index contributed by atoms with van der Waals surface area (Å²) >= 11 is 0. The monoisotopic (exact) mass is 348 g/mol. The van der Waals surface area contributed by atoms with Crippen molar-refractivity contribution in [3.8, 4) is 0 Å². The molecule has 7 nitrogen and oxygen atoms in total. The van der Waals surface area contributed by atoms with Crippen molar-refractivity contribution in [1.82, 2.24) is 20.5 Å². The van der Waals surface area contributed by atoms with Crippen LogP contribution in [0.3, 0.4) is 0 Å². The Morgan fingerprint density at radius 3 is 2.84 bits per heavy atom. The molecule has 3 atom stereocenters. The number of hydrogen-bond acceptors (Lipinski definition) is 5. The first-order valence-corrected chi connectivity index (χ1v) is 9.09. The van der Waals surface area contributed by atoms with E-state index in [4.69, 9.17) is 9.47 Å². The lowest BCUT2D eigenvalue weighted by molar-refractivity contribution is 0.00211. The zero-order valence-corrected chi connectivity index (χ0v) is 14.8. The smallest absolute Gasteiger partial charge is 0.315 e. The van der Waals surface area contributed by atoms with Crippen molar-refractivity contribution < 1.29 is 14.3 Å². The van der Waals surface area contributed by atoms with Crippen molar-refractivity contribution in [3.05, 3.63) is 30.1 Å². The Morgan fingerprint density at radius 2 is 2.16 bits per heavy atom. The molecule has 3 unspecified atom stereocenters. The van der Waals surface area contributed by atoms with E-state index in [1.54, 1.807) is 6.20 Å². The second-order valence-electron chi connectivity index (χ2n) is 6.67. The average Bonchev–Trinajstić information content (AvgIpc) is 3.18. The fourth-order valence-corrected chi connectivity index (χ4v) is 3.51. The first-order chi connectivity index (χ1) is 12.2. The van der Waals surface area contributed by atoms with Crippen molar-refractivity contribution in [2.24, 2.45) is 5.92 Å². The minimum absolute atomic E-state index is 0.127. The standard InChI is InChI=1S/C18H28N4O3/c1-14(16-4-2-3-6-19-16)21-18(23)20-12-17(15-5-9-25-13-15)22-7-10-24-11-8-22/h2-4,6,14-15,17H,5,7-13H2,1H3,(H2,20,21,23). The van der Waals surface area contributed by atoms with Crippen molar-refractivity contribution in [1.29, 1.82) is 0 Å². The van der Waals surface area contributed by atoms with Crippen LogP contribution >= 0.6 is 0 Å². The average molecular weight is 348 g/mol. The van der Waals surface area contributed by atoms with Crippen molar-refractivity contribution in [2.45, 2.75) is 25.4 Å². The Morgan fingerprint density at radius 1 is 1.32 bits per heavy atom. The molecule has 2 amide bonds. The van der Waals surface area contributed by atoms with Gasteiger partial charge >= 0.3 is 6.03 Å². The maximum atomic E-state index is 12.3. The Kier molecular flexibility index (Phi) is 6.61. The molecule has 7 heteroatoms. The third kappa shape index (κ3) is 5.14. The SMILES string of the molecule is CC(NC(=O)NCC(C1CCOC1)N1CCOCC1)c1ccccn1. The number of rotatable bonds is 6. The van der Waals surface area contributed by atoms with Gasteiger partial charge in [0.05, 0.1) is 31.6 Å². The minimum atomic E-state index is -0.157. The maximum absolute atomic E-state index is 12.3. The largest absolute Gasteiger partial charge is 0.381 e. The van der Waals surface area contributed by atoms with Gasteiger partial charge in [0, 0.05) is 44.4 Å². The summed E-state index contributed by atoms with van der Waals surface area (Å²) in [5.74, 6) is 0.464. The first kappa shape index (κ1) is 18.1. The van der Waals surface area contributed by atoms with Crippen LogP contribution in [0, 0.1) is 5.92 Å². The van der Waals surface area contributed by atoms with Crippen LogP contribution in [0.25, 0.3) is 0 Å². The molecule has 2 saturated heterocycles. The van der Waals surface area contributed by atoms with Gasteiger partial charge in [-0.15, -0.1) is 0 Å². The Labute approximate surface area is 149 Å². The number of nitrogens with one attached hydrogen (secondary N) is 2. The molecule has 3 rings (SSSR count). The molecular formula is C18H28N4O3. The number of pyridine rings is 1. The second kappa shape index (κ2) is 9.12. The normalized spacial score (nSPS) is 23.8.